The first-order chi connectivity index (χ1) is 7.36. The molecule has 16 heavy (non-hydrogen) atoms. The number of rotatable bonds is 4. The average molecular weight is 242 g/mol. The number of halogens is 1. The Kier molecular flexibility index (Phi) is 3.97. The van der Waals surface area contributed by atoms with Crippen LogP contribution in [0.2, 0.25) is 0 Å². The summed E-state index contributed by atoms with van der Waals surface area (Å²) < 4.78 is 13.3. The molecule has 0 spiro atoms. The summed E-state index contributed by atoms with van der Waals surface area (Å²) in [5.41, 5.74) is 0.366. The minimum Gasteiger partial charge on any atom is -0.481 e. The van der Waals surface area contributed by atoms with E-state index < -0.39 is 11.4 Å². The van der Waals surface area contributed by atoms with E-state index in [0.29, 0.717) is 4.90 Å². The van der Waals surface area contributed by atoms with Crippen molar-refractivity contribution in [1.29, 1.82) is 0 Å². The SMILES string of the molecule is CSc1cc(C(C)(C)CC(=O)O)ccc1F. The molecule has 0 aliphatic rings. The second-order valence-electron chi connectivity index (χ2n) is 4.30. The summed E-state index contributed by atoms with van der Waals surface area (Å²) in [5, 5.41) is 8.81. The second kappa shape index (κ2) is 4.87. The summed E-state index contributed by atoms with van der Waals surface area (Å²) in [6.07, 6.45) is 1.83. The summed E-state index contributed by atoms with van der Waals surface area (Å²) in [5.74, 6) is -1.11. The number of hydrogen-bond acceptors (Lipinski definition) is 2. The lowest BCUT2D eigenvalue weighted by Gasteiger charge is -2.23. The van der Waals surface area contributed by atoms with Crippen LogP contribution in [0.5, 0.6) is 0 Å². The third-order valence-corrected chi connectivity index (χ3v) is 3.28. The summed E-state index contributed by atoms with van der Waals surface area (Å²) >= 11 is 1.32. The fourth-order valence-corrected chi connectivity index (χ4v) is 2.07. The van der Waals surface area contributed by atoms with Crippen molar-refractivity contribution in [3.63, 3.8) is 0 Å². The van der Waals surface area contributed by atoms with E-state index in [2.05, 4.69) is 0 Å². The molecule has 0 aliphatic heterocycles. The zero-order valence-electron chi connectivity index (χ0n) is 9.58. The van der Waals surface area contributed by atoms with Gasteiger partial charge in [0, 0.05) is 10.3 Å². The van der Waals surface area contributed by atoms with E-state index in [-0.39, 0.29) is 12.2 Å². The Morgan fingerprint density at radius 3 is 2.62 bits per heavy atom. The maximum Gasteiger partial charge on any atom is 0.304 e. The quantitative estimate of drug-likeness (QED) is 0.823. The number of thioether (sulfide) groups is 1. The Hall–Kier alpha value is -1.03. The molecule has 0 radical (unpaired) electrons. The highest BCUT2D eigenvalue weighted by Crippen LogP contribution is 2.30. The van der Waals surface area contributed by atoms with E-state index in [4.69, 9.17) is 5.11 Å². The van der Waals surface area contributed by atoms with Gasteiger partial charge in [0.05, 0.1) is 6.42 Å². The van der Waals surface area contributed by atoms with Crippen LogP contribution < -0.4 is 0 Å². The van der Waals surface area contributed by atoms with Crippen molar-refractivity contribution in [2.45, 2.75) is 30.6 Å². The van der Waals surface area contributed by atoms with Gasteiger partial charge in [-0.25, -0.2) is 4.39 Å². The van der Waals surface area contributed by atoms with Crippen molar-refractivity contribution in [2.75, 3.05) is 6.26 Å². The number of carbonyl (C=O) groups is 1. The third-order valence-electron chi connectivity index (χ3n) is 2.53. The van der Waals surface area contributed by atoms with Crippen LogP contribution in [-0.4, -0.2) is 17.3 Å². The minimum atomic E-state index is -0.847. The van der Waals surface area contributed by atoms with Gasteiger partial charge >= 0.3 is 5.97 Å². The summed E-state index contributed by atoms with van der Waals surface area (Å²) in [6, 6.07) is 4.77. The van der Waals surface area contributed by atoms with Crippen molar-refractivity contribution < 1.29 is 14.3 Å². The van der Waals surface area contributed by atoms with Crippen LogP contribution in [0.1, 0.15) is 25.8 Å². The highest BCUT2D eigenvalue weighted by molar-refractivity contribution is 7.98. The number of carboxylic acids is 1. The van der Waals surface area contributed by atoms with Crippen LogP contribution >= 0.6 is 11.8 Å². The van der Waals surface area contributed by atoms with Gasteiger partial charge in [-0.2, -0.15) is 0 Å². The molecule has 0 saturated carbocycles. The van der Waals surface area contributed by atoms with E-state index >= 15 is 0 Å². The zero-order chi connectivity index (χ0) is 12.3. The monoisotopic (exact) mass is 242 g/mol. The van der Waals surface area contributed by atoms with Gasteiger partial charge in [-0.3, -0.25) is 4.79 Å². The lowest BCUT2D eigenvalue weighted by atomic mass is 9.82. The number of aliphatic carboxylic acids is 1. The van der Waals surface area contributed by atoms with Crippen LogP contribution in [-0.2, 0) is 10.2 Å². The Labute approximate surface area is 98.9 Å². The first-order valence-corrected chi connectivity index (χ1v) is 6.15. The molecule has 0 amide bonds. The van der Waals surface area contributed by atoms with Gasteiger partial charge in [-0.05, 0) is 24.0 Å². The molecular formula is C12H15FO2S. The molecule has 0 bridgehead atoms. The van der Waals surface area contributed by atoms with Gasteiger partial charge in [0.2, 0.25) is 0 Å². The maximum atomic E-state index is 13.3. The predicted molar refractivity (Wildman–Crippen MR) is 63.5 cm³/mol. The molecule has 0 aliphatic carbocycles. The van der Waals surface area contributed by atoms with Crippen molar-refractivity contribution in [1.82, 2.24) is 0 Å². The Bertz CT molecular complexity index is 402. The Balaban J connectivity index is 3.08. The van der Waals surface area contributed by atoms with Gasteiger partial charge in [-0.15, -0.1) is 11.8 Å². The molecule has 1 N–H and O–H groups in total. The molecule has 0 saturated heterocycles. The van der Waals surface area contributed by atoms with Gasteiger partial charge in [-0.1, -0.05) is 19.9 Å². The fraction of sp³-hybridized carbons (Fsp3) is 0.417. The topological polar surface area (TPSA) is 37.3 Å². The summed E-state index contributed by atoms with van der Waals surface area (Å²) in [7, 11) is 0. The van der Waals surface area contributed by atoms with E-state index in [0.717, 1.165) is 5.56 Å². The van der Waals surface area contributed by atoms with Crippen molar-refractivity contribution in [3.05, 3.63) is 29.6 Å². The van der Waals surface area contributed by atoms with E-state index in [9.17, 15) is 9.18 Å². The minimum absolute atomic E-state index is 0.0342. The average Bonchev–Trinajstić information content (AvgIpc) is 2.16. The van der Waals surface area contributed by atoms with Crippen molar-refractivity contribution in [3.8, 4) is 0 Å². The number of benzene rings is 1. The Morgan fingerprint density at radius 2 is 2.12 bits per heavy atom. The standard InChI is InChI=1S/C12H15FO2S/c1-12(2,7-11(14)15)8-4-5-9(13)10(6-8)16-3/h4-6H,7H2,1-3H3,(H,14,15). The zero-order valence-corrected chi connectivity index (χ0v) is 10.4. The van der Waals surface area contributed by atoms with Crippen LogP contribution in [0.15, 0.2) is 23.1 Å². The first-order valence-electron chi connectivity index (χ1n) is 4.92. The van der Waals surface area contributed by atoms with Gasteiger partial charge in [0.25, 0.3) is 0 Å². The Morgan fingerprint density at radius 1 is 1.50 bits per heavy atom. The van der Waals surface area contributed by atoms with Gasteiger partial charge in [0.1, 0.15) is 5.82 Å². The predicted octanol–water partition coefficient (Wildman–Crippen LogP) is 3.30. The van der Waals surface area contributed by atoms with Crippen molar-refractivity contribution in [2.24, 2.45) is 0 Å². The highest BCUT2D eigenvalue weighted by atomic mass is 32.2. The molecule has 1 rings (SSSR count). The smallest absolute Gasteiger partial charge is 0.304 e. The van der Waals surface area contributed by atoms with Crippen molar-refractivity contribution >= 4 is 17.7 Å². The van der Waals surface area contributed by atoms with E-state index in [1.54, 1.807) is 18.4 Å². The molecule has 2 nitrogen and oxygen atoms in total. The summed E-state index contributed by atoms with van der Waals surface area (Å²) in [4.78, 5) is 11.3. The molecule has 0 unspecified atom stereocenters. The molecular weight excluding hydrogens is 227 g/mol. The lowest BCUT2D eigenvalue weighted by molar-refractivity contribution is -0.138. The van der Waals surface area contributed by atoms with Crippen LogP contribution in [0.3, 0.4) is 0 Å². The largest absolute Gasteiger partial charge is 0.481 e. The number of carboxylic acid groups (broad SMARTS) is 1. The second-order valence-corrected chi connectivity index (χ2v) is 5.15. The lowest BCUT2D eigenvalue weighted by Crippen LogP contribution is -2.21. The normalized spacial score (nSPS) is 11.5. The van der Waals surface area contributed by atoms with Crippen LogP contribution in [0.4, 0.5) is 4.39 Å². The fourth-order valence-electron chi connectivity index (χ4n) is 1.56. The first kappa shape index (κ1) is 13.0. The van der Waals surface area contributed by atoms with E-state index in [1.165, 1.54) is 17.8 Å². The van der Waals surface area contributed by atoms with Crippen LogP contribution in [0, 0.1) is 5.82 Å². The molecule has 88 valence electrons. The van der Waals surface area contributed by atoms with Crippen LogP contribution in [0.25, 0.3) is 0 Å². The van der Waals surface area contributed by atoms with Gasteiger partial charge in [0.15, 0.2) is 0 Å². The van der Waals surface area contributed by atoms with Gasteiger partial charge < -0.3 is 5.11 Å². The third kappa shape index (κ3) is 2.98. The molecule has 0 atom stereocenters. The molecule has 1 aromatic rings. The molecule has 4 heteroatoms. The van der Waals surface area contributed by atoms with E-state index in [1.807, 2.05) is 13.8 Å². The molecule has 1 aromatic carbocycles. The summed E-state index contributed by atoms with van der Waals surface area (Å²) in [6.45, 7) is 3.69. The molecule has 0 heterocycles. The molecule has 0 aromatic heterocycles. The molecule has 0 fully saturated rings. The highest BCUT2D eigenvalue weighted by Gasteiger charge is 2.24. The maximum absolute atomic E-state index is 13.3. The number of hydrogen-bond donors (Lipinski definition) is 1.